The number of amides is 2. The number of morpholine rings is 1. The van der Waals surface area contributed by atoms with Gasteiger partial charge in [0.15, 0.2) is 0 Å². The molecule has 2 heterocycles. The Balaban J connectivity index is 1.67. The van der Waals surface area contributed by atoms with Crippen molar-refractivity contribution in [1.29, 1.82) is 0 Å². The van der Waals surface area contributed by atoms with Gasteiger partial charge in [-0.2, -0.15) is 0 Å². The molecule has 0 bridgehead atoms. The molecule has 1 fully saturated rings. The van der Waals surface area contributed by atoms with Crippen LogP contribution in [0.5, 0.6) is 0 Å². The minimum atomic E-state index is -1.18. The maximum atomic E-state index is 11.8. The van der Waals surface area contributed by atoms with Crippen molar-refractivity contribution in [1.82, 2.24) is 15.5 Å². The van der Waals surface area contributed by atoms with Gasteiger partial charge in [-0.3, -0.25) is 14.5 Å². The van der Waals surface area contributed by atoms with E-state index in [2.05, 4.69) is 15.5 Å². The molecule has 128 valence electrons. The van der Waals surface area contributed by atoms with Gasteiger partial charge < -0.3 is 20.5 Å². The Kier molecular flexibility index (Phi) is 6.52. The van der Waals surface area contributed by atoms with Crippen molar-refractivity contribution < 1.29 is 19.4 Å². The van der Waals surface area contributed by atoms with E-state index in [1.54, 1.807) is 13.0 Å². The molecule has 2 amide bonds. The smallest absolute Gasteiger partial charge is 0.309 e. The Morgan fingerprint density at radius 2 is 2.04 bits per heavy atom. The molecule has 0 saturated carbocycles. The number of ether oxygens (including phenoxy) is 1. The van der Waals surface area contributed by atoms with Gasteiger partial charge in [0.05, 0.1) is 19.8 Å². The van der Waals surface area contributed by atoms with E-state index < -0.39 is 17.4 Å². The lowest BCUT2D eigenvalue weighted by atomic mass is 10.1. The fourth-order valence-electron chi connectivity index (χ4n) is 2.24. The van der Waals surface area contributed by atoms with Gasteiger partial charge in [0.25, 0.3) is 0 Å². The largest absolute Gasteiger partial charge is 0.383 e. The quantitative estimate of drug-likeness (QED) is 0.608. The highest BCUT2D eigenvalue weighted by atomic mass is 32.1. The summed E-state index contributed by atoms with van der Waals surface area (Å²) in [4.78, 5) is 26.4. The normalized spacial score (nSPS) is 18.2. The lowest BCUT2D eigenvalue weighted by molar-refractivity contribution is -0.139. The SMILES string of the molecule is CC(O)(CNC(=O)C(=O)NCCN1CCOCC1)c1cccs1. The average Bonchev–Trinajstić information content (AvgIpc) is 3.09. The third kappa shape index (κ3) is 5.58. The molecule has 1 aliphatic rings. The summed E-state index contributed by atoms with van der Waals surface area (Å²) in [5.41, 5.74) is -1.18. The van der Waals surface area contributed by atoms with Crippen LogP contribution in [0, 0.1) is 0 Å². The first-order valence-corrected chi connectivity index (χ1v) is 8.49. The van der Waals surface area contributed by atoms with Crippen molar-refractivity contribution in [2.75, 3.05) is 45.9 Å². The first-order chi connectivity index (χ1) is 11.0. The summed E-state index contributed by atoms with van der Waals surface area (Å²) in [7, 11) is 0. The number of nitrogens with one attached hydrogen (secondary N) is 2. The molecule has 0 aliphatic carbocycles. The molecule has 7 nitrogen and oxygen atoms in total. The van der Waals surface area contributed by atoms with Crippen LogP contribution in [0.1, 0.15) is 11.8 Å². The molecule has 2 rings (SSSR count). The fourth-order valence-corrected chi connectivity index (χ4v) is 3.02. The minimum Gasteiger partial charge on any atom is -0.383 e. The Morgan fingerprint density at radius 1 is 1.35 bits per heavy atom. The van der Waals surface area contributed by atoms with E-state index in [1.165, 1.54) is 11.3 Å². The summed E-state index contributed by atoms with van der Waals surface area (Å²) >= 11 is 1.40. The lowest BCUT2D eigenvalue weighted by Gasteiger charge is -2.26. The van der Waals surface area contributed by atoms with Crippen LogP contribution >= 0.6 is 11.3 Å². The molecule has 1 atom stereocenters. The number of nitrogens with zero attached hydrogens (tertiary/aromatic N) is 1. The van der Waals surface area contributed by atoms with Gasteiger partial charge in [-0.15, -0.1) is 11.3 Å². The van der Waals surface area contributed by atoms with Crippen LogP contribution in [0.2, 0.25) is 0 Å². The summed E-state index contributed by atoms with van der Waals surface area (Å²) in [6.07, 6.45) is 0. The van der Waals surface area contributed by atoms with E-state index in [1.807, 2.05) is 11.4 Å². The lowest BCUT2D eigenvalue weighted by Crippen LogP contribution is -2.47. The zero-order chi connectivity index (χ0) is 16.7. The maximum absolute atomic E-state index is 11.8. The second-order valence-electron chi connectivity index (χ2n) is 5.64. The highest BCUT2D eigenvalue weighted by Crippen LogP contribution is 2.24. The van der Waals surface area contributed by atoms with Crippen molar-refractivity contribution >= 4 is 23.2 Å². The van der Waals surface area contributed by atoms with Gasteiger partial charge in [-0.05, 0) is 18.4 Å². The number of hydrogen-bond acceptors (Lipinski definition) is 6. The third-order valence-electron chi connectivity index (χ3n) is 3.67. The standard InChI is InChI=1S/C15H23N3O4S/c1-15(21,12-3-2-10-23-12)11-17-14(20)13(19)16-4-5-18-6-8-22-9-7-18/h2-3,10,21H,4-9,11H2,1H3,(H,16,19)(H,17,20). The van der Waals surface area contributed by atoms with Crippen molar-refractivity contribution in [3.63, 3.8) is 0 Å². The second kappa shape index (κ2) is 8.39. The summed E-state index contributed by atoms with van der Waals surface area (Å²) < 4.78 is 5.24. The molecule has 8 heteroatoms. The molecule has 1 saturated heterocycles. The monoisotopic (exact) mass is 341 g/mol. The Bertz CT molecular complexity index is 513. The highest BCUT2D eigenvalue weighted by Gasteiger charge is 2.26. The predicted molar refractivity (Wildman–Crippen MR) is 87.2 cm³/mol. The van der Waals surface area contributed by atoms with Crippen molar-refractivity contribution in [3.8, 4) is 0 Å². The topological polar surface area (TPSA) is 90.9 Å². The molecular formula is C15H23N3O4S. The molecular weight excluding hydrogens is 318 g/mol. The van der Waals surface area contributed by atoms with E-state index in [0.717, 1.165) is 18.0 Å². The van der Waals surface area contributed by atoms with Crippen LogP contribution in [-0.2, 0) is 19.9 Å². The Labute approximate surface area is 139 Å². The Morgan fingerprint density at radius 3 is 2.70 bits per heavy atom. The minimum absolute atomic E-state index is 0.0107. The first-order valence-electron chi connectivity index (χ1n) is 7.61. The van der Waals surface area contributed by atoms with Gasteiger partial charge in [0.1, 0.15) is 5.60 Å². The molecule has 0 aromatic carbocycles. The number of thiophene rings is 1. The number of carbonyl (C=O) groups excluding carboxylic acids is 2. The van der Waals surface area contributed by atoms with Crippen LogP contribution in [0.25, 0.3) is 0 Å². The van der Waals surface area contributed by atoms with Crippen LogP contribution < -0.4 is 10.6 Å². The van der Waals surface area contributed by atoms with E-state index in [4.69, 9.17) is 4.74 Å². The predicted octanol–water partition coefficient (Wildman–Crippen LogP) is -0.480. The number of carbonyl (C=O) groups is 2. The van der Waals surface area contributed by atoms with Gasteiger partial charge in [-0.1, -0.05) is 6.07 Å². The van der Waals surface area contributed by atoms with Crippen LogP contribution in [0.3, 0.4) is 0 Å². The van der Waals surface area contributed by atoms with Gasteiger partial charge in [0, 0.05) is 31.1 Å². The van der Waals surface area contributed by atoms with Crippen molar-refractivity contribution in [2.45, 2.75) is 12.5 Å². The van der Waals surface area contributed by atoms with Gasteiger partial charge in [-0.25, -0.2) is 0 Å². The first kappa shape index (κ1) is 17.9. The van der Waals surface area contributed by atoms with E-state index in [0.29, 0.717) is 26.3 Å². The molecule has 1 aromatic rings. The van der Waals surface area contributed by atoms with E-state index in [9.17, 15) is 14.7 Å². The number of hydrogen-bond donors (Lipinski definition) is 3. The average molecular weight is 341 g/mol. The van der Waals surface area contributed by atoms with Crippen LogP contribution in [0.4, 0.5) is 0 Å². The molecule has 1 aromatic heterocycles. The maximum Gasteiger partial charge on any atom is 0.309 e. The highest BCUT2D eigenvalue weighted by molar-refractivity contribution is 7.10. The summed E-state index contributed by atoms with van der Waals surface area (Å²) in [6.45, 7) is 5.78. The van der Waals surface area contributed by atoms with Crippen LogP contribution in [0.15, 0.2) is 17.5 Å². The molecule has 0 radical (unpaired) electrons. The van der Waals surface area contributed by atoms with E-state index in [-0.39, 0.29) is 6.54 Å². The Hall–Kier alpha value is -1.48. The second-order valence-corrected chi connectivity index (χ2v) is 6.59. The molecule has 1 unspecified atom stereocenters. The number of aliphatic hydroxyl groups is 1. The summed E-state index contributed by atoms with van der Waals surface area (Å²) in [6, 6.07) is 3.62. The number of rotatable bonds is 6. The summed E-state index contributed by atoms with van der Waals surface area (Å²) in [5, 5.41) is 17.2. The van der Waals surface area contributed by atoms with Crippen molar-refractivity contribution in [3.05, 3.63) is 22.4 Å². The molecule has 23 heavy (non-hydrogen) atoms. The van der Waals surface area contributed by atoms with Crippen molar-refractivity contribution in [2.24, 2.45) is 0 Å². The van der Waals surface area contributed by atoms with Crippen LogP contribution in [-0.4, -0.2) is 67.8 Å². The molecule has 3 N–H and O–H groups in total. The zero-order valence-electron chi connectivity index (χ0n) is 13.2. The molecule has 0 spiro atoms. The van der Waals surface area contributed by atoms with Gasteiger partial charge >= 0.3 is 11.8 Å². The zero-order valence-corrected chi connectivity index (χ0v) is 14.0. The van der Waals surface area contributed by atoms with Gasteiger partial charge in [0.2, 0.25) is 0 Å². The third-order valence-corrected chi connectivity index (χ3v) is 4.79. The fraction of sp³-hybridized carbons (Fsp3) is 0.600. The molecule has 1 aliphatic heterocycles. The van der Waals surface area contributed by atoms with E-state index >= 15 is 0 Å². The summed E-state index contributed by atoms with van der Waals surface area (Å²) in [5.74, 6) is -1.41.